The lowest BCUT2D eigenvalue weighted by molar-refractivity contribution is 0.243. The zero-order chi connectivity index (χ0) is 13.1. The van der Waals surface area contributed by atoms with Crippen LogP contribution >= 0.6 is 0 Å². The van der Waals surface area contributed by atoms with Crippen LogP contribution in [0.5, 0.6) is 0 Å². The summed E-state index contributed by atoms with van der Waals surface area (Å²) in [7, 11) is 0. The van der Waals surface area contributed by atoms with Crippen LogP contribution in [0.2, 0.25) is 0 Å². The van der Waals surface area contributed by atoms with Crippen molar-refractivity contribution in [1.29, 1.82) is 0 Å². The number of hydrogen-bond donors (Lipinski definition) is 0. The molecule has 2 heteroatoms. The van der Waals surface area contributed by atoms with Gasteiger partial charge in [0.05, 0.1) is 12.9 Å². The number of aryl methyl sites for hydroxylation is 1. The van der Waals surface area contributed by atoms with E-state index in [-0.39, 0.29) is 0 Å². The second-order valence-electron chi connectivity index (χ2n) is 5.58. The fourth-order valence-electron chi connectivity index (χ4n) is 2.48. The molecule has 1 aromatic heterocycles. The number of allylic oxidation sites excluding steroid dienone is 1. The van der Waals surface area contributed by atoms with Gasteiger partial charge >= 0.3 is 0 Å². The molecule has 0 fully saturated rings. The Balaban J connectivity index is 2.60. The molecule has 0 saturated heterocycles. The third-order valence-corrected chi connectivity index (χ3v) is 3.48. The Hall–Kier alpha value is -1.31. The largest absolute Gasteiger partial charge is 0.501 e. The SMILES string of the molecule is CC(C)/C1=C/OCCCc2nccc(C(C)C)c21. The lowest BCUT2D eigenvalue weighted by atomic mass is 9.86. The van der Waals surface area contributed by atoms with Crippen molar-refractivity contribution in [2.45, 2.75) is 46.5 Å². The van der Waals surface area contributed by atoms with Crippen LogP contribution in [0.1, 0.15) is 56.9 Å². The highest BCUT2D eigenvalue weighted by molar-refractivity contribution is 5.71. The highest BCUT2D eigenvalue weighted by atomic mass is 16.5. The summed E-state index contributed by atoms with van der Waals surface area (Å²) >= 11 is 0. The number of fused-ring (bicyclic) bond motifs is 1. The van der Waals surface area contributed by atoms with Crippen molar-refractivity contribution < 1.29 is 4.74 Å². The van der Waals surface area contributed by atoms with Crippen molar-refractivity contribution in [3.63, 3.8) is 0 Å². The van der Waals surface area contributed by atoms with Crippen LogP contribution in [-0.2, 0) is 11.2 Å². The number of nitrogens with zero attached hydrogens (tertiary/aromatic N) is 1. The van der Waals surface area contributed by atoms with Crippen molar-refractivity contribution in [2.75, 3.05) is 6.61 Å². The van der Waals surface area contributed by atoms with Gasteiger partial charge in [0.2, 0.25) is 0 Å². The van der Waals surface area contributed by atoms with Crippen LogP contribution in [0.25, 0.3) is 5.57 Å². The average Bonchev–Trinajstić information content (AvgIpc) is 2.28. The topological polar surface area (TPSA) is 22.1 Å². The standard InChI is InChI=1S/C16H23NO/c1-11(2)13-7-8-17-15-6-5-9-18-10-14(12(3)4)16(13)15/h7-8,10-12H,5-6,9H2,1-4H3/b14-10-. The molecule has 2 heterocycles. The molecular formula is C16H23NO. The van der Waals surface area contributed by atoms with Crippen molar-refractivity contribution in [2.24, 2.45) is 5.92 Å². The Morgan fingerprint density at radius 3 is 2.61 bits per heavy atom. The minimum absolute atomic E-state index is 0.462. The molecule has 0 spiro atoms. The number of rotatable bonds is 2. The van der Waals surface area contributed by atoms with Gasteiger partial charge in [-0.15, -0.1) is 0 Å². The van der Waals surface area contributed by atoms with E-state index in [1.807, 2.05) is 12.5 Å². The maximum Gasteiger partial charge on any atom is 0.0877 e. The number of pyridine rings is 1. The van der Waals surface area contributed by atoms with Gasteiger partial charge in [0.15, 0.2) is 0 Å². The molecule has 2 rings (SSSR count). The number of hydrogen-bond acceptors (Lipinski definition) is 2. The molecule has 18 heavy (non-hydrogen) atoms. The maximum absolute atomic E-state index is 5.65. The van der Waals surface area contributed by atoms with E-state index in [1.165, 1.54) is 22.4 Å². The van der Waals surface area contributed by atoms with Gasteiger partial charge < -0.3 is 4.74 Å². The Morgan fingerprint density at radius 2 is 1.94 bits per heavy atom. The summed E-state index contributed by atoms with van der Waals surface area (Å²) in [5.74, 6) is 0.979. The summed E-state index contributed by atoms with van der Waals surface area (Å²) in [5.41, 5.74) is 5.26. The summed E-state index contributed by atoms with van der Waals surface area (Å²) in [5, 5.41) is 0. The van der Waals surface area contributed by atoms with Crippen molar-refractivity contribution in [1.82, 2.24) is 4.98 Å². The minimum atomic E-state index is 0.462. The molecule has 0 bridgehead atoms. The van der Waals surface area contributed by atoms with E-state index in [0.29, 0.717) is 11.8 Å². The monoisotopic (exact) mass is 245 g/mol. The molecule has 2 nitrogen and oxygen atoms in total. The lowest BCUT2D eigenvalue weighted by Gasteiger charge is -2.23. The molecule has 0 amide bonds. The lowest BCUT2D eigenvalue weighted by Crippen LogP contribution is -2.10. The molecule has 0 unspecified atom stereocenters. The minimum Gasteiger partial charge on any atom is -0.501 e. The predicted octanol–water partition coefficient (Wildman–Crippen LogP) is 4.16. The second-order valence-corrected chi connectivity index (χ2v) is 5.58. The van der Waals surface area contributed by atoms with Gasteiger partial charge in [0, 0.05) is 17.5 Å². The van der Waals surface area contributed by atoms with Gasteiger partial charge in [-0.05, 0) is 41.9 Å². The molecule has 0 saturated carbocycles. The summed E-state index contributed by atoms with van der Waals surface area (Å²) in [6, 6.07) is 2.15. The van der Waals surface area contributed by atoms with Crippen molar-refractivity contribution in [3.8, 4) is 0 Å². The zero-order valence-electron chi connectivity index (χ0n) is 11.9. The van der Waals surface area contributed by atoms with E-state index in [9.17, 15) is 0 Å². The van der Waals surface area contributed by atoms with E-state index < -0.39 is 0 Å². The van der Waals surface area contributed by atoms with Gasteiger partial charge in [0.1, 0.15) is 0 Å². The van der Waals surface area contributed by atoms with Crippen LogP contribution in [0.3, 0.4) is 0 Å². The van der Waals surface area contributed by atoms with Gasteiger partial charge in [-0.25, -0.2) is 0 Å². The fourth-order valence-corrected chi connectivity index (χ4v) is 2.48. The average molecular weight is 245 g/mol. The van der Waals surface area contributed by atoms with Gasteiger partial charge in [-0.3, -0.25) is 4.98 Å². The third kappa shape index (κ3) is 2.58. The molecule has 0 aromatic carbocycles. The molecule has 0 aliphatic carbocycles. The van der Waals surface area contributed by atoms with Crippen LogP contribution < -0.4 is 0 Å². The highest BCUT2D eigenvalue weighted by Gasteiger charge is 2.20. The normalized spacial score (nSPS) is 18.7. The van der Waals surface area contributed by atoms with Gasteiger partial charge in [0.25, 0.3) is 0 Å². The van der Waals surface area contributed by atoms with E-state index >= 15 is 0 Å². The Bertz CT molecular complexity index is 446. The summed E-state index contributed by atoms with van der Waals surface area (Å²) in [6.07, 6.45) is 5.97. The molecule has 0 radical (unpaired) electrons. The Labute approximate surface area is 110 Å². The maximum atomic E-state index is 5.65. The van der Waals surface area contributed by atoms with E-state index in [0.717, 1.165) is 19.4 Å². The summed E-state index contributed by atoms with van der Waals surface area (Å²) in [4.78, 5) is 4.60. The Kier molecular flexibility index (Phi) is 4.05. The quantitative estimate of drug-likeness (QED) is 0.780. The van der Waals surface area contributed by atoms with Crippen molar-refractivity contribution >= 4 is 5.57 Å². The molecule has 0 N–H and O–H groups in total. The zero-order valence-corrected chi connectivity index (χ0v) is 11.9. The summed E-state index contributed by atoms with van der Waals surface area (Å²) in [6.45, 7) is 9.72. The van der Waals surface area contributed by atoms with E-state index in [4.69, 9.17) is 4.74 Å². The first-order valence-electron chi connectivity index (χ1n) is 6.91. The van der Waals surface area contributed by atoms with Crippen LogP contribution in [0.15, 0.2) is 18.5 Å². The molecule has 0 atom stereocenters. The molecular weight excluding hydrogens is 222 g/mol. The molecule has 1 aliphatic heterocycles. The van der Waals surface area contributed by atoms with E-state index in [2.05, 4.69) is 38.7 Å². The van der Waals surface area contributed by atoms with Gasteiger partial charge in [-0.1, -0.05) is 27.7 Å². The highest BCUT2D eigenvalue weighted by Crippen LogP contribution is 2.33. The van der Waals surface area contributed by atoms with E-state index in [1.54, 1.807) is 0 Å². The van der Waals surface area contributed by atoms with Crippen molar-refractivity contribution in [3.05, 3.63) is 35.3 Å². The molecule has 1 aliphatic rings. The predicted molar refractivity (Wildman–Crippen MR) is 75.4 cm³/mol. The number of ether oxygens (including phenoxy) is 1. The van der Waals surface area contributed by atoms with Gasteiger partial charge in [-0.2, -0.15) is 0 Å². The number of aromatic nitrogens is 1. The Morgan fingerprint density at radius 1 is 1.17 bits per heavy atom. The van der Waals surface area contributed by atoms with Crippen LogP contribution in [0.4, 0.5) is 0 Å². The third-order valence-electron chi connectivity index (χ3n) is 3.48. The fraction of sp³-hybridized carbons (Fsp3) is 0.562. The smallest absolute Gasteiger partial charge is 0.0877 e. The first-order valence-corrected chi connectivity index (χ1v) is 6.91. The first-order chi connectivity index (χ1) is 8.61. The molecule has 98 valence electrons. The van der Waals surface area contributed by atoms with Crippen LogP contribution in [0, 0.1) is 5.92 Å². The first kappa shape index (κ1) is 13.1. The van der Waals surface area contributed by atoms with Crippen LogP contribution in [-0.4, -0.2) is 11.6 Å². The summed E-state index contributed by atoms with van der Waals surface area (Å²) < 4.78 is 5.65. The molecule has 1 aromatic rings. The second kappa shape index (κ2) is 5.55.